The molecule has 19 heavy (non-hydrogen) atoms. The van der Waals surface area contributed by atoms with Crippen molar-refractivity contribution in [1.82, 2.24) is 4.98 Å². The Hall–Kier alpha value is -2.00. The normalized spacial score (nSPS) is 10.6. The van der Waals surface area contributed by atoms with Crippen LogP contribution in [-0.4, -0.2) is 4.98 Å². The second-order valence-corrected chi connectivity index (χ2v) is 5.42. The van der Waals surface area contributed by atoms with Gasteiger partial charge in [-0.25, -0.2) is 9.37 Å². The molecule has 0 unspecified atom stereocenters. The molecule has 3 aromatic rings. The number of rotatable bonds is 3. The van der Waals surface area contributed by atoms with E-state index in [-0.39, 0.29) is 5.82 Å². The van der Waals surface area contributed by atoms with Crippen LogP contribution in [0.2, 0.25) is 0 Å². The standard InChI is InChI=1S/C16H12FNS/c17-14-8-6-13(7-9-14)16-18-11-15(19-16)10-12-4-2-1-3-5-12/h1-9,11H,10H2. The lowest BCUT2D eigenvalue weighted by Crippen LogP contribution is -1.82. The summed E-state index contributed by atoms with van der Waals surface area (Å²) in [6.45, 7) is 0. The van der Waals surface area contributed by atoms with Crippen LogP contribution < -0.4 is 0 Å². The van der Waals surface area contributed by atoms with Gasteiger partial charge in [0.2, 0.25) is 0 Å². The molecule has 0 bridgehead atoms. The van der Waals surface area contributed by atoms with Crippen molar-refractivity contribution in [3.63, 3.8) is 0 Å². The van der Waals surface area contributed by atoms with Crippen LogP contribution >= 0.6 is 11.3 Å². The Labute approximate surface area is 115 Å². The van der Waals surface area contributed by atoms with Gasteiger partial charge >= 0.3 is 0 Å². The topological polar surface area (TPSA) is 12.9 Å². The van der Waals surface area contributed by atoms with Crippen LogP contribution in [0.3, 0.4) is 0 Å². The van der Waals surface area contributed by atoms with Gasteiger partial charge < -0.3 is 0 Å². The first kappa shape index (κ1) is 12.1. The van der Waals surface area contributed by atoms with Gasteiger partial charge in [-0.3, -0.25) is 0 Å². The highest BCUT2D eigenvalue weighted by molar-refractivity contribution is 7.15. The molecule has 0 amide bonds. The first-order valence-corrected chi connectivity index (χ1v) is 6.87. The van der Waals surface area contributed by atoms with Crippen LogP contribution in [0.15, 0.2) is 60.8 Å². The van der Waals surface area contributed by atoms with Crippen molar-refractivity contribution in [2.24, 2.45) is 0 Å². The summed E-state index contributed by atoms with van der Waals surface area (Å²) in [5.41, 5.74) is 2.24. The van der Waals surface area contributed by atoms with E-state index in [1.165, 1.54) is 22.6 Å². The van der Waals surface area contributed by atoms with E-state index in [0.717, 1.165) is 17.0 Å². The van der Waals surface area contributed by atoms with Crippen molar-refractivity contribution in [2.75, 3.05) is 0 Å². The van der Waals surface area contributed by atoms with Gasteiger partial charge in [0, 0.05) is 23.1 Å². The van der Waals surface area contributed by atoms with Crippen molar-refractivity contribution in [2.45, 2.75) is 6.42 Å². The van der Waals surface area contributed by atoms with Gasteiger partial charge in [0.1, 0.15) is 10.8 Å². The van der Waals surface area contributed by atoms with Gasteiger partial charge in [0.05, 0.1) is 0 Å². The summed E-state index contributed by atoms with van der Waals surface area (Å²) in [5, 5.41) is 0.936. The van der Waals surface area contributed by atoms with Crippen LogP contribution in [0.4, 0.5) is 4.39 Å². The maximum Gasteiger partial charge on any atom is 0.123 e. The zero-order valence-electron chi connectivity index (χ0n) is 10.2. The summed E-state index contributed by atoms with van der Waals surface area (Å²) in [6.07, 6.45) is 2.79. The Morgan fingerprint density at radius 2 is 1.68 bits per heavy atom. The molecule has 0 saturated heterocycles. The summed E-state index contributed by atoms with van der Waals surface area (Å²) in [4.78, 5) is 5.62. The van der Waals surface area contributed by atoms with Crippen LogP contribution in [0, 0.1) is 5.82 Å². The van der Waals surface area contributed by atoms with E-state index in [0.29, 0.717) is 0 Å². The average Bonchev–Trinajstić information content (AvgIpc) is 2.89. The molecule has 0 N–H and O–H groups in total. The quantitative estimate of drug-likeness (QED) is 0.680. The molecular formula is C16H12FNS. The van der Waals surface area contributed by atoms with Gasteiger partial charge in [-0.05, 0) is 29.8 Å². The van der Waals surface area contributed by atoms with E-state index in [4.69, 9.17) is 0 Å². The first-order chi connectivity index (χ1) is 9.31. The Morgan fingerprint density at radius 1 is 0.947 bits per heavy atom. The van der Waals surface area contributed by atoms with Gasteiger partial charge in [-0.15, -0.1) is 11.3 Å². The van der Waals surface area contributed by atoms with Gasteiger partial charge in [0.15, 0.2) is 0 Å². The third-order valence-electron chi connectivity index (χ3n) is 2.87. The van der Waals surface area contributed by atoms with E-state index in [1.807, 2.05) is 24.4 Å². The number of halogens is 1. The lowest BCUT2D eigenvalue weighted by atomic mass is 10.1. The third-order valence-corrected chi connectivity index (χ3v) is 3.91. The summed E-state index contributed by atoms with van der Waals surface area (Å²) in [7, 11) is 0. The van der Waals surface area contributed by atoms with Crippen molar-refractivity contribution in [3.05, 3.63) is 77.1 Å². The molecule has 0 radical (unpaired) electrons. The molecule has 3 rings (SSSR count). The fraction of sp³-hybridized carbons (Fsp3) is 0.0625. The smallest absolute Gasteiger partial charge is 0.123 e. The highest BCUT2D eigenvalue weighted by Crippen LogP contribution is 2.26. The zero-order chi connectivity index (χ0) is 13.1. The van der Waals surface area contributed by atoms with Crippen molar-refractivity contribution in [1.29, 1.82) is 0 Å². The van der Waals surface area contributed by atoms with E-state index in [9.17, 15) is 4.39 Å². The zero-order valence-corrected chi connectivity index (χ0v) is 11.0. The number of nitrogens with zero attached hydrogens (tertiary/aromatic N) is 1. The van der Waals surface area contributed by atoms with Crippen LogP contribution in [0.1, 0.15) is 10.4 Å². The molecule has 0 aliphatic carbocycles. The number of benzene rings is 2. The molecule has 0 fully saturated rings. The predicted octanol–water partition coefficient (Wildman–Crippen LogP) is 4.54. The maximum atomic E-state index is 12.9. The van der Waals surface area contributed by atoms with Crippen LogP contribution in [0.5, 0.6) is 0 Å². The second kappa shape index (κ2) is 5.33. The molecule has 0 saturated carbocycles. The first-order valence-electron chi connectivity index (χ1n) is 6.06. The highest BCUT2D eigenvalue weighted by Gasteiger charge is 2.05. The summed E-state index contributed by atoms with van der Waals surface area (Å²) in [6, 6.07) is 16.8. The number of thiazole rings is 1. The van der Waals surface area contributed by atoms with Crippen molar-refractivity contribution in [3.8, 4) is 10.6 Å². The van der Waals surface area contributed by atoms with E-state index < -0.39 is 0 Å². The average molecular weight is 269 g/mol. The molecule has 1 nitrogen and oxygen atoms in total. The van der Waals surface area contributed by atoms with Gasteiger partial charge in [-0.1, -0.05) is 30.3 Å². The fourth-order valence-corrected chi connectivity index (χ4v) is 2.86. The molecule has 0 spiro atoms. The second-order valence-electron chi connectivity index (χ2n) is 4.30. The van der Waals surface area contributed by atoms with Gasteiger partial charge in [-0.2, -0.15) is 0 Å². The molecule has 0 aliphatic heterocycles. The van der Waals surface area contributed by atoms with E-state index in [1.54, 1.807) is 23.5 Å². The largest absolute Gasteiger partial charge is 0.244 e. The maximum absolute atomic E-state index is 12.9. The number of aromatic nitrogens is 1. The Morgan fingerprint density at radius 3 is 2.42 bits per heavy atom. The summed E-state index contributed by atoms with van der Waals surface area (Å²) < 4.78 is 12.9. The molecule has 1 aromatic heterocycles. The van der Waals surface area contributed by atoms with Crippen LogP contribution in [0.25, 0.3) is 10.6 Å². The fourth-order valence-electron chi connectivity index (χ4n) is 1.91. The Kier molecular flexibility index (Phi) is 3.38. The third kappa shape index (κ3) is 2.88. The minimum absolute atomic E-state index is 0.218. The Bertz CT molecular complexity index is 659. The molecule has 94 valence electrons. The summed E-state index contributed by atoms with van der Waals surface area (Å²) >= 11 is 1.65. The monoisotopic (exact) mass is 269 g/mol. The molecule has 2 aromatic carbocycles. The van der Waals surface area contributed by atoms with E-state index in [2.05, 4.69) is 17.1 Å². The SMILES string of the molecule is Fc1ccc(-c2ncc(Cc3ccccc3)s2)cc1. The number of hydrogen-bond donors (Lipinski definition) is 0. The molecular weight excluding hydrogens is 257 g/mol. The summed E-state index contributed by atoms with van der Waals surface area (Å²) in [5.74, 6) is -0.218. The minimum Gasteiger partial charge on any atom is -0.244 e. The van der Waals surface area contributed by atoms with E-state index >= 15 is 0 Å². The minimum atomic E-state index is -0.218. The lowest BCUT2D eigenvalue weighted by Gasteiger charge is -1.97. The Balaban J connectivity index is 1.82. The van der Waals surface area contributed by atoms with Crippen molar-refractivity contribution < 1.29 is 4.39 Å². The molecule has 3 heteroatoms. The lowest BCUT2D eigenvalue weighted by molar-refractivity contribution is 0.628. The molecule has 0 atom stereocenters. The molecule has 1 heterocycles. The molecule has 0 aliphatic rings. The number of hydrogen-bond acceptors (Lipinski definition) is 2. The van der Waals surface area contributed by atoms with Gasteiger partial charge in [0.25, 0.3) is 0 Å². The van der Waals surface area contributed by atoms with Crippen LogP contribution in [-0.2, 0) is 6.42 Å². The van der Waals surface area contributed by atoms with Crippen molar-refractivity contribution >= 4 is 11.3 Å². The highest BCUT2D eigenvalue weighted by atomic mass is 32.1. The predicted molar refractivity (Wildman–Crippen MR) is 76.8 cm³/mol.